The molecule has 0 aliphatic rings. The summed E-state index contributed by atoms with van der Waals surface area (Å²) in [4.78, 5) is 15.4. The van der Waals surface area contributed by atoms with Gasteiger partial charge in [-0.25, -0.2) is 0 Å². The van der Waals surface area contributed by atoms with Crippen LogP contribution in [-0.2, 0) is 6.61 Å². The summed E-state index contributed by atoms with van der Waals surface area (Å²) >= 11 is 0. The number of ether oxygens (including phenoxy) is 3. The third-order valence-corrected chi connectivity index (χ3v) is 4.25. The van der Waals surface area contributed by atoms with Crippen molar-refractivity contribution in [2.75, 3.05) is 13.7 Å². The first kappa shape index (κ1) is 19.4. The lowest BCUT2D eigenvalue weighted by atomic mass is 10.1. The zero-order chi connectivity index (χ0) is 20.1. The summed E-state index contributed by atoms with van der Waals surface area (Å²) in [6.45, 7) is 4.32. The van der Waals surface area contributed by atoms with Gasteiger partial charge in [-0.3, -0.25) is 15.1 Å². The second-order valence-electron chi connectivity index (χ2n) is 6.30. The summed E-state index contributed by atoms with van der Waals surface area (Å²) < 4.78 is 17.0. The molecule has 0 bridgehead atoms. The first-order chi connectivity index (χ1) is 13.5. The summed E-state index contributed by atoms with van der Waals surface area (Å²) in [5, 5.41) is 12.4. The van der Waals surface area contributed by atoms with Gasteiger partial charge in [0, 0.05) is 17.1 Å². The van der Waals surface area contributed by atoms with Crippen molar-refractivity contribution >= 4 is 16.6 Å². The fourth-order valence-electron chi connectivity index (χ4n) is 2.89. The third-order valence-electron chi connectivity index (χ3n) is 4.25. The van der Waals surface area contributed by atoms with E-state index in [0.29, 0.717) is 23.7 Å². The van der Waals surface area contributed by atoms with Crippen molar-refractivity contribution in [2.45, 2.75) is 26.9 Å². The van der Waals surface area contributed by atoms with Gasteiger partial charge in [0.1, 0.15) is 18.1 Å². The van der Waals surface area contributed by atoms with E-state index >= 15 is 0 Å². The van der Waals surface area contributed by atoms with Gasteiger partial charge >= 0.3 is 5.69 Å². The van der Waals surface area contributed by atoms with E-state index in [1.54, 1.807) is 6.07 Å². The van der Waals surface area contributed by atoms with E-state index in [9.17, 15) is 10.1 Å². The number of aromatic nitrogens is 1. The van der Waals surface area contributed by atoms with E-state index in [4.69, 9.17) is 14.2 Å². The second-order valence-corrected chi connectivity index (χ2v) is 6.30. The molecule has 0 saturated carbocycles. The lowest BCUT2D eigenvalue weighted by Gasteiger charge is -2.15. The van der Waals surface area contributed by atoms with Crippen molar-refractivity contribution in [3.63, 3.8) is 0 Å². The van der Waals surface area contributed by atoms with Crippen LogP contribution in [0.15, 0.2) is 42.5 Å². The number of hydrogen-bond acceptors (Lipinski definition) is 6. The van der Waals surface area contributed by atoms with Gasteiger partial charge in [-0.2, -0.15) is 0 Å². The highest BCUT2D eigenvalue weighted by Gasteiger charge is 2.23. The van der Waals surface area contributed by atoms with Crippen LogP contribution in [0.5, 0.6) is 17.2 Å². The Kier molecular flexibility index (Phi) is 5.93. The molecule has 7 heteroatoms. The van der Waals surface area contributed by atoms with Crippen molar-refractivity contribution in [1.82, 2.24) is 4.98 Å². The molecule has 2 aromatic carbocycles. The number of nitrogens with zero attached hydrogens (tertiary/aromatic N) is 2. The summed E-state index contributed by atoms with van der Waals surface area (Å²) in [5.41, 5.74) is 2.23. The molecular weight excluding hydrogens is 360 g/mol. The molecule has 0 saturated heterocycles. The highest BCUT2D eigenvalue weighted by Crippen LogP contribution is 2.38. The zero-order valence-electron chi connectivity index (χ0n) is 16.1. The molecule has 1 aromatic heterocycles. The molecule has 0 aliphatic heterocycles. The Balaban J connectivity index is 1.93. The Labute approximate surface area is 163 Å². The van der Waals surface area contributed by atoms with Gasteiger partial charge in [0.25, 0.3) is 0 Å². The molecule has 0 aliphatic carbocycles. The van der Waals surface area contributed by atoms with Gasteiger partial charge < -0.3 is 14.2 Å². The Hall–Kier alpha value is -3.35. The highest BCUT2D eigenvalue weighted by molar-refractivity contribution is 5.80. The molecule has 0 atom stereocenters. The Morgan fingerprint density at radius 2 is 1.93 bits per heavy atom. The SMILES string of the molecule is CCCOc1c([N+](=O)[O-])ccc(OC)c1COc1ccc2nc(C)ccc2c1. The van der Waals surface area contributed by atoms with Crippen LogP contribution in [0.25, 0.3) is 10.9 Å². The molecule has 0 amide bonds. The van der Waals surface area contributed by atoms with E-state index in [-0.39, 0.29) is 18.0 Å². The van der Waals surface area contributed by atoms with Crippen molar-refractivity contribution in [3.05, 3.63) is 63.8 Å². The van der Waals surface area contributed by atoms with Crippen LogP contribution >= 0.6 is 0 Å². The van der Waals surface area contributed by atoms with Gasteiger partial charge in [-0.15, -0.1) is 0 Å². The number of pyridine rings is 1. The van der Waals surface area contributed by atoms with Crippen LogP contribution in [0.1, 0.15) is 24.6 Å². The van der Waals surface area contributed by atoms with Gasteiger partial charge in [0.2, 0.25) is 5.75 Å². The topological polar surface area (TPSA) is 83.7 Å². The molecular formula is C21H22N2O5. The van der Waals surface area contributed by atoms with Crippen LogP contribution in [0.2, 0.25) is 0 Å². The number of aryl methyl sites for hydroxylation is 1. The molecule has 3 rings (SSSR count). The minimum absolute atomic E-state index is 0.0781. The number of nitro groups is 1. The fraction of sp³-hybridized carbons (Fsp3) is 0.286. The average molecular weight is 382 g/mol. The quantitative estimate of drug-likeness (QED) is 0.410. The van der Waals surface area contributed by atoms with Crippen LogP contribution in [0.3, 0.4) is 0 Å². The fourth-order valence-corrected chi connectivity index (χ4v) is 2.89. The maximum Gasteiger partial charge on any atom is 0.311 e. The number of methoxy groups -OCH3 is 1. The highest BCUT2D eigenvalue weighted by atomic mass is 16.6. The van der Waals surface area contributed by atoms with Gasteiger partial charge in [0.05, 0.1) is 29.7 Å². The Morgan fingerprint density at radius 1 is 1.11 bits per heavy atom. The summed E-state index contributed by atoms with van der Waals surface area (Å²) in [6, 6.07) is 12.5. The molecule has 28 heavy (non-hydrogen) atoms. The molecule has 0 fully saturated rings. The molecule has 146 valence electrons. The second kappa shape index (κ2) is 8.56. The summed E-state index contributed by atoms with van der Waals surface area (Å²) in [7, 11) is 1.51. The van der Waals surface area contributed by atoms with Gasteiger partial charge in [-0.05, 0) is 43.7 Å². The van der Waals surface area contributed by atoms with Crippen LogP contribution < -0.4 is 14.2 Å². The van der Waals surface area contributed by atoms with E-state index in [1.807, 2.05) is 44.2 Å². The predicted octanol–water partition coefficient (Wildman–Crippen LogP) is 4.83. The van der Waals surface area contributed by atoms with Crippen molar-refractivity contribution in [3.8, 4) is 17.2 Å². The smallest absolute Gasteiger partial charge is 0.311 e. The Bertz CT molecular complexity index is 1000. The first-order valence-corrected chi connectivity index (χ1v) is 9.00. The van der Waals surface area contributed by atoms with Crippen LogP contribution in [0.4, 0.5) is 5.69 Å². The van der Waals surface area contributed by atoms with E-state index < -0.39 is 4.92 Å². The van der Waals surface area contributed by atoms with Crippen LogP contribution in [0, 0.1) is 17.0 Å². The molecule has 0 N–H and O–H groups in total. The maximum absolute atomic E-state index is 11.4. The number of nitro benzene ring substituents is 1. The number of rotatable bonds is 8. The molecule has 3 aromatic rings. The third kappa shape index (κ3) is 4.14. The molecule has 1 heterocycles. The normalized spacial score (nSPS) is 10.7. The Morgan fingerprint density at radius 3 is 2.64 bits per heavy atom. The standard InChI is InChI=1S/C21H22N2O5/c1-4-11-27-21-17(20(26-3)10-9-19(21)23(24)25)13-28-16-7-8-18-15(12-16)6-5-14(2)22-18/h5-10,12H,4,11,13H2,1-3H3. The van der Waals surface area contributed by atoms with Crippen molar-refractivity contribution in [2.24, 2.45) is 0 Å². The van der Waals surface area contributed by atoms with E-state index in [0.717, 1.165) is 23.0 Å². The molecule has 0 unspecified atom stereocenters. The monoisotopic (exact) mass is 382 g/mol. The van der Waals surface area contributed by atoms with E-state index in [2.05, 4.69) is 4.98 Å². The average Bonchev–Trinajstić information content (AvgIpc) is 2.70. The summed E-state index contributed by atoms with van der Waals surface area (Å²) in [5.74, 6) is 1.30. The lowest BCUT2D eigenvalue weighted by Crippen LogP contribution is -2.07. The minimum atomic E-state index is -0.460. The predicted molar refractivity (Wildman–Crippen MR) is 106 cm³/mol. The lowest BCUT2D eigenvalue weighted by molar-refractivity contribution is -0.386. The van der Waals surface area contributed by atoms with Crippen molar-refractivity contribution in [1.29, 1.82) is 0 Å². The molecule has 7 nitrogen and oxygen atoms in total. The largest absolute Gasteiger partial charge is 0.496 e. The van der Waals surface area contributed by atoms with Crippen LogP contribution in [-0.4, -0.2) is 23.6 Å². The number of benzene rings is 2. The zero-order valence-corrected chi connectivity index (χ0v) is 16.1. The van der Waals surface area contributed by atoms with E-state index in [1.165, 1.54) is 13.2 Å². The first-order valence-electron chi connectivity index (χ1n) is 9.00. The van der Waals surface area contributed by atoms with Gasteiger partial charge in [-0.1, -0.05) is 13.0 Å². The summed E-state index contributed by atoms with van der Waals surface area (Å²) in [6.07, 6.45) is 0.728. The minimum Gasteiger partial charge on any atom is -0.496 e. The molecule has 0 radical (unpaired) electrons. The molecule has 0 spiro atoms. The van der Waals surface area contributed by atoms with Crippen molar-refractivity contribution < 1.29 is 19.1 Å². The number of fused-ring (bicyclic) bond motifs is 1. The number of hydrogen-bond donors (Lipinski definition) is 0. The maximum atomic E-state index is 11.4. The van der Waals surface area contributed by atoms with Gasteiger partial charge in [0.15, 0.2) is 0 Å².